The summed E-state index contributed by atoms with van der Waals surface area (Å²) >= 11 is 0. The van der Waals surface area contributed by atoms with E-state index in [-0.39, 0.29) is 6.04 Å². The van der Waals surface area contributed by atoms with Gasteiger partial charge in [-0.25, -0.2) is 0 Å². The van der Waals surface area contributed by atoms with Crippen LogP contribution in [0.2, 0.25) is 74.5 Å². The van der Waals surface area contributed by atoms with Crippen LogP contribution in [0.25, 0.3) is 0 Å². The van der Waals surface area contributed by atoms with Gasteiger partial charge in [0.1, 0.15) is 0 Å². The van der Waals surface area contributed by atoms with Crippen LogP contribution in [0.1, 0.15) is 27.7 Å². The molecule has 6 atom stereocenters. The highest BCUT2D eigenvalue weighted by Gasteiger charge is 2.65. The SMILES string of the molecule is C#C[Si]1(C)O[Si](C)(C#CC#C[Si]2(CC)O[Si](C#C)(CC)O[Si](C#C)(CC)O[Si](C#C)(CC)O2)O[Si](C)(C#C)O[Si](C)(C#C/C=C/C[Si]2(c3ccccc3)O[Si](CC=C)(c3ccccc3)O[Si](CC=C)(c3ccccc3)O[Si](CC=C)(c3ccccc3)O2)O1. The van der Waals surface area contributed by atoms with Crippen molar-refractivity contribution in [3.63, 3.8) is 0 Å². The summed E-state index contributed by atoms with van der Waals surface area (Å²) in [6.07, 6.45) is 40.6. The molecule has 4 aromatic carbocycles. The summed E-state index contributed by atoms with van der Waals surface area (Å²) in [6, 6.07) is 43.4. The Hall–Kier alpha value is -5.56. The molecule has 3 aliphatic heterocycles. The lowest BCUT2D eigenvalue weighted by Crippen LogP contribution is -2.79. The quantitative estimate of drug-likeness (QED) is 0.0606. The summed E-state index contributed by atoms with van der Waals surface area (Å²) in [5.41, 5.74) is 23.9. The Morgan fingerprint density at radius 2 is 0.625 bits per heavy atom. The van der Waals surface area contributed by atoms with Crippen LogP contribution in [-0.4, -0.2) is 103 Å². The van der Waals surface area contributed by atoms with Gasteiger partial charge in [0.25, 0.3) is 0 Å². The first-order valence-electron chi connectivity index (χ1n) is 29.1. The van der Waals surface area contributed by atoms with Gasteiger partial charge < -0.3 is 49.4 Å². The molecule has 0 spiro atoms. The Morgan fingerprint density at radius 1 is 0.341 bits per heavy atom. The molecular weight excluding hydrogens is 1300 g/mol. The molecule has 6 unspecified atom stereocenters. The van der Waals surface area contributed by atoms with Crippen LogP contribution in [0, 0.1) is 94.2 Å². The van der Waals surface area contributed by atoms with Crippen LogP contribution in [0.4, 0.5) is 0 Å². The zero-order chi connectivity index (χ0) is 63.9. The minimum Gasteiger partial charge on any atom is -0.408 e. The molecule has 0 aliphatic carbocycles. The summed E-state index contributed by atoms with van der Waals surface area (Å²) in [5.74, 6) is 9.25. The molecule has 0 aromatic heterocycles. The van der Waals surface area contributed by atoms with Gasteiger partial charge in [-0.15, -0.1) is 51.9 Å². The second kappa shape index (κ2) is 29.2. The summed E-state index contributed by atoms with van der Waals surface area (Å²) in [6.45, 7) is 27.5. The van der Waals surface area contributed by atoms with E-state index >= 15 is 0 Å². The van der Waals surface area contributed by atoms with Crippen LogP contribution in [0.5, 0.6) is 0 Å². The standard InChI is InChI=1S/C64H76O12Si12/c1-17-54-85(61-46-34-29-35-47-61)73-86(55-18-2,62-48-36-30-37-49-62)75-88(64-52-40-32-41-53-64,76-87(74-85,56-19-3)63-50-38-31-39-51-63)60-43-33-42-57-79(15)65-77(13,20-4)67-80(16,68-78(14,21-5)66-79)58-44-45-59-84(28-12)71-82(24-8,25-9)69-81(22-6,23-7)70-83(26-10,27-11)72-84/h4-6,8,10,17-19,29-41,43,46-53H,1-3,23,25,27-28,54-56,60H2,7,9,11-16H3/b43-33+. The van der Waals surface area contributed by atoms with Gasteiger partial charge in [0, 0.05) is 24.2 Å². The van der Waals surface area contributed by atoms with Crippen molar-refractivity contribution in [3.8, 4) is 94.2 Å². The molecule has 88 heavy (non-hydrogen) atoms. The third kappa shape index (κ3) is 15.6. The van der Waals surface area contributed by atoms with Crippen molar-refractivity contribution in [1.29, 1.82) is 0 Å². The van der Waals surface area contributed by atoms with Crippen molar-refractivity contribution < 1.29 is 49.4 Å². The van der Waals surface area contributed by atoms with Crippen molar-refractivity contribution >= 4 is 123 Å². The minimum atomic E-state index is -3.87. The molecule has 3 saturated heterocycles. The monoisotopic (exact) mass is 1370 g/mol. The highest BCUT2D eigenvalue weighted by molar-refractivity contribution is 7.07. The van der Waals surface area contributed by atoms with Crippen LogP contribution in [0.15, 0.2) is 171 Å². The van der Waals surface area contributed by atoms with E-state index in [9.17, 15) is 0 Å². The molecule has 4 aromatic rings. The third-order valence-corrected chi connectivity index (χ3v) is 64.3. The van der Waals surface area contributed by atoms with E-state index in [2.05, 4.69) is 130 Å². The van der Waals surface area contributed by atoms with Gasteiger partial charge in [0.2, 0.25) is 0 Å². The molecule has 0 radical (unpaired) electrons. The maximum Gasteiger partial charge on any atom is 0.408 e. The van der Waals surface area contributed by atoms with E-state index in [1.165, 1.54) is 0 Å². The first kappa shape index (κ1) is 69.9. The van der Waals surface area contributed by atoms with Crippen molar-refractivity contribution in [2.45, 2.75) is 102 Å². The Balaban J connectivity index is 1.29. The average molecular weight is 1370 g/mol. The molecule has 0 amide bonds. The Kier molecular flexibility index (Phi) is 23.2. The molecule has 3 fully saturated rings. The molecule has 3 aliphatic rings. The van der Waals surface area contributed by atoms with Crippen molar-refractivity contribution in [2.24, 2.45) is 0 Å². The van der Waals surface area contributed by atoms with Gasteiger partial charge in [-0.3, -0.25) is 0 Å². The highest BCUT2D eigenvalue weighted by Crippen LogP contribution is 2.40. The van der Waals surface area contributed by atoms with Crippen LogP contribution < -0.4 is 20.7 Å². The fourth-order valence-electron chi connectivity index (χ4n) is 10.6. The fraction of sp³-hybridized carbons (Fsp3) is 0.250. The lowest BCUT2D eigenvalue weighted by molar-refractivity contribution is 0.241. The maximum absolute atomic E-state index is 8.14. The highest BCUT2D eigenvalue weighted by atomic mass is 28.5. The average Bonchev–Trinajstić information content (AvgIpc) is 0.743. The van der Waals surface area contributed by atoms with Gasteiger partial charge >= 0.3 is 103 Å². The number of hydrogen-bond donors (Lipinski definition) is 0. The van der Waals surface area contributed by atoms with Gasteiger partial charge in [-0.2, -0.15) is 0 Å². The lowest BCUT2D eigenvalue weighted by Gasteiger charge is -2.53. The third-order valence-electron chi connectivity index (χ3n) is 14.8. The van der Waals surface area contributed by atoms with Crippen LogP contribution >= 0.6 is 0 Å². The summed E-state index contributed by atoms with van der Waals surface area (Å²) in [4.78, 5) is 0. The van der Waals surface area contributed by atoms with Crippen molar-refractivity contribution in [3.05, 3.63) is 171 Å². The number of allylic oxidation sites excluding steroid dienone is 5. The number of terminal acetylenes is 5. The minimum absolute atomic E-state index is 0.272. The van der Waals surface area contributed by atoms with Gasteiger partial charge in [-0.05, 0) is 89.0 Å². The number of rotatable bonds is 16. The first-order valence-corrected chi connectivity index (χ1v) is 54.6. The van der Waals surface area contributed by atoms with Gasteiger partial charge in [0.15, 0.2) is 0 Å². The van der Waals surface area contributed by atoms with Gasteiger partial charge in [-0.1, -0.05) is 224 Å². The molecule has 3 heterocycles. The molecule has 452 valence electrons. The molecular formula is C64H76O12Si12. The summed E-state index contributed by atoms with van der Waals surface area (Å²) in [5, 5.41) is 3.61. The van der Waals surface area contributed by atoms with E-state index in [0.717, 1.165) is 20.7 Å². The number of benzene rings is 4. The van der Waals surface area contributed by atoms with Crippen molar-refractivity contribution in [1.82, 2.24) is 0 Å². The lowest BCUT2D eigenvalue weighted by atomic mass is 10.4. The molecule has 24 heteroatoms. The molecule has 7 rings (SSSR count). The number of hydrogen-bond acceptors (Lipinski definition) is 12. The van der Waals surface area contributed by atoms with Gasteiger partial charge in [0.05, 0.1) is 0 Å². The van der Waals surface area contributed by atoms with Crippen LogP contribution in [0.3, 0.4) is 0 Å². The zero-order valence-electron chi connectivity index (χ0n) is 51.5. The molecule has 12 nitrogen and oxygen atoms in total. The maximum atomic E-state index is 8.14. The molecule has 0 N–H and O–H groups in total. The first-order chi connectivity index (χ1) is 42.0. The van der Waals surface area contributed by atoms with Crippen molar-refractivity contribution in [2.75, 3.05) is 0 Å². The van der Waals surface area contributed by atoms with E-state index in [1.807, 2.05) is 125 Å². The summed E-state index contributed by atoms with van der Waals surface area (Å²) < 4.78 is 87.0. The predicted octanol–water partition coefficient (Wildman–Crippen LogP) is 9.36. The van der Waals surface area contributed by atoms with E-state index in [1.54, 1.807) is 32.3 Å². The second-order valence-corrected chi connectivity index (χ2v) is 59.9. The van der Waals surface area contributed by atoms with E-state index in [4.69, 9.17) is 81.5 Å². The van der Waals surface area contributed by atoms with E-state index in [0.29, 0.717) is 42.3 Å². The molecule has 0 saturated carbocycles. The topological polar surface area (TPSA) is 111 Å². The smallest absolute Gasteiger partial charge is 0.408 e. The Labute approximate surface area is 536 Å². The Morgan fingerprint density at radius 3 is 0.909 bits per heavy atom. The fourth-order valence-corrected chi connectivity index (χ4v) is 67.7. The Bertz CT molecular complexity index is 3500. The summed E-state index contributed by atoms with van der Waals surface area (Å²) in [7, 11) is -43.8. The molecule has 0 bridgehead atoms. The largest absolute Gasteiger partial charge is 0.408 e. The zero-order valence-corrected chi connectivity index (χ0v) is 63.5. The van der Waals surface area contributed by atoms with Crippen LogP contribution in [-0.2, 0) is 49.4 Å². The normalized spacial score (nSPS) is 34.7. The van der Waals surface area contributed by atoms with E-state index < -0.39 is 103 Å². The predicted molar refractivity (Wildman–Crippen MR) is 378 cm³/mol. The second-order valence-electron chi connectivity index (χ2n) is 21.5.